The van der Waals surface area contributed by atoms with Crippen LogP contribution in [0.15, 0.2) is 122 Å². The summed E-state index contributed by atoms with van der Waals surface area (Å²) in [5, 5.41) is 0. The number of esters is 2. The summed E-state index contributed by atoms with van der Waals surface area (Å²) < 4.78 is 32.9. The number of ether oxygens (including phenoxy) is 2. The van der Waals surface area contributed by atoms with Crippen molar-refractivity contribution in [1.29, 1.82) is 0 Å². The van der Waals surface area contributed by atoms with Crippen molar-refractivity contribution in [2.24, 2.45) is 5.73 Å². The van der Waals surface area contributed by atoms with Gasteiger partial charge in [-0.3, -0.25) is 18.6 Å². The van der Waals surface area contributed by atoms with Crippen LogP contribution >= 0.6 is 7.82 Å². The number of hydrogen-bond donors (Lipinski definition) is 2. The molecule has 0 aliphatic heterocycles. The van der Waals surface area contributed by atoms with Gasteiger partial charge in [0.05, 0.1) is 13.2 Å². The molecule has 0 amide bonds. The molecule has 0 radical (unpaired) electrons. The first kappa shape index (κ1) is 64.4. The smallest absolute Gasteiger partial charge is 0.462 e. The molecular weight excluding hydrogens is 870 g/mol. The third kappa shape index (κ3) is 51.8. The number of carbonyl (C=O) groups excluding carboxylic acids is 2. The minimum Gasteiger partial charge on any atom is -0.462 e. The Morgan fingerprint density at radius 2 is 0.809 bits per heavy atom. The predicted molar refractivity (Wildman–Crippen MR) is 288 cm³/mol. The molecule has 10 heteroatoms. The van der Waals surface area contributed by atoms with Crippen LogP contribution in [0.2, 0.25) is 0 Å². The van der Waals surface area contributed by atoms with E-state index >= 15 is 0 Å². The van der Waals surface area contributed by atoms with Crippen LogP contribution in [0.25, 0.3) is 0 Å². The topological polar surface area (TPSA) is 134 Å². The van der Waals surface area contributed by atoms with E-state index in [2.05, 4.69) is 135 Å². The third-order valence-electron chi connectivity index (χ3n) is 10.6. The van der Waals surface area contributed by atoms with Gasteiger partial charge in [0.25, 0.3) is 0 Å². The molecule has 0 fully saturated rings. The number of carbonyl (C=O) groups is 2. The second-order valence-corrected chi connectivity index (χ2v) is 18.5. The zero-order valence-electron chi connectivity index (χ0n) is 42.8. The standard InChI is InChI=1S/C58H96NO8P/c1-3-5-7-9-11-13-15-17-19-21-22-23-24-25-26-27-28-29-30-31-32-33-34-35-37-39-41-43-45-47-49-51-58(61)67-56(55-66-68(62,63)65-53-52-59)54-64-57(60)50-48-46-44-42-40-38-36-20-18-16-14-12-10-8-6-4-2/h5,7,11,13,17,19-20,22-23,25-26,28-29,31-32,34-36,39,41,56H,3-4,6,8-10,12,14-16,18,21,24,27,30,33,37-38,40,42-55,59H2,1-2H3,(H,62,63)/b7-5-,13-11-,19-17-,23-22-,26-25-,29-28-,32-31-,35-34-,36-20-,41-39-. The van der Waals surface area contributed by atoms with Crippen LogP contribution in [-0.2, 0) is 32.7 Å². The van der Waals surface area contributed by atoms with Crippen molar-refractivity contribution in [2.75, 3.05) is 26.4 Å². The molecule has 386 valence electrons. The van der Waals surface area contributed by atoms with Gasteiger partial charge in [0.2, 0.25) is 0 Å². The lowest BCUT2D eigenvalue weighted by molar-refractivity contribution is -0.161. The van der Waals surface area contributed by atoms with Crippen molar-refractivity contribution in [3.8, 4) is 0 Å². The molecule has 0 saturated heterocycles. The number of rotatable bonds is 48. The maximum atomic E-state index is 12.7. The van der Waals surface area contributed by atoms with Crippen molar-refractivity contribution >= 4 is 19.8 Å². The summed E-state index contributed by atoms with van der Waals surface area (Å²) in [7, 11) is -4.40. The van der Waals surface area contributed by atoms with Crippen LogP contribution in [0.5, 0.6) is 0 Å². The number of unbranched alkanes of at least 4 members (excludes halogenated alkanes) is 15. The van der Waals surface area contributed by atoms with Gasteiger partial charge < -0.3 is 20.1 Å². The average molecular weight is 966 g/mol. The fourth-order valence-corrected chi connectivity index (χ4v) is 7.44. The highest BCUT2D eigenvalue weighted by molar-refractivity contribution is 7.47. The molecule has 0 bridgehead atoms. The lowest BCUT2D eigenvalue weighted by Gasteiger charge is -2.19. The molecule has 0 heterocycles. The lowest BCUT2D eigenvalue weighted by Crippen LogP contribution is -2.29. The van der Waals surface area contributed by atoms with E-state index in [1.54, 1.807) is 0 Å². The molecular formula is C58H96NO8P. The van der Waals surface area contributed by atoms with Crippen LogP contribution in [-0.4, -0.2) is 49.3 Å². The van der Waals surface area contributed by atoms with Crippen molar-refractivity contribution in [1.82, 2.24) is 0 Å². The molecule has 0 aliphatic carbocycles. The van der Waals surface area contributed by atoms with Crippen LogP contribution in [0.1, 0.15) is 200 Å². The van der Waals surface area contributed by atoms with E-state index in [1.807, 2.05) is 0 Å². The van der Waals surface area contributed by atoms with Gasteiger partial charge in [-0.25, -0.2) is 4.57 Å². The highest BCUT2D eigenvalue weighted by atomic mass is 31.2. The summed E-state index contributed by atoms with van der Waals surface area (Å²) in [5.74, 6) is -0.885. The van der Waals surface area contributed by atoms with E-state index in [1.165, 1.54) is 51.4 Å². The minimum absolute atomic E-state index is 0.0400. The summed E-state index contributed by atoms with van der Waals surface area (Å²) in [5.41, 5.74) is 5.36. The Morgan fingerprint density at radius 3 is 1.24 bits per heavy atom. The molecule has 0 aromatic carbocycles. The van der Waals surface area contributed by atoms with Crippen molar-refractivity contribution < 1.29 is 37.6 Å². The summed E-state index contributed by atoms with van der Waals surface area (Å²) in [6, 6.07) is 0. The largest absolute Gasteiger partial charge is 0.472 e. The van der Waals surface area contributed by atoms with Crippen LogP contribution < -0.4 is 5.73 Å². The lowest BCUT2D eigenvalue weighted by atomic mass is 10.1. The first-order valence-corrected chi connectivity index (χ1v) is 28.0. The number of allylic oxidation sites excluding steroid dienone is 20. The van der Waals surface area contributed by atoms with Crippen LogP contribution in [0.3, 0.4) is 0 Å². The highest BCUT2D eigenvalue weighted by Crippen LogP contribution is 2.43. The average Bonchev–Trinajstić information content (AvgIpc) is 3.33. The van der Waals surface area contributed by atoms with Crippen molar-refractivity contribution in [2.45, 2.75) is 206 Å². The zero-order chi connectivity index (χ0) is 49.5. The number of phosphoric ester groups is 1. The monoisotopic (exact) mass is 966 g/mol. The molecule has 0 saturated carbocycles. The Morgan fingerprint density at radius 1 is 0.456 bits per heavy atom. The minimum atomic E-state index is -4.40. The summed E-state index contributed by atoms with van der Waals surface area (Å²) in [4.78, 5) is 35.0. The molecule has 3 N–H and O–H groups in total. The van der Waals surface area contributed by atoms with Gasteiger partial charge in [0.15, 0.2) is 6.10 Å². The normalized spacial score (nSPS) is 14.1. The fourth-order valence-electron chi connectivity index (χ4n) is 6.68. The molecule has 0 spiro atoms. The van der Waals surface area contributed by atoms with Crippen LogP contribution in [0, 0.1) is 0 Å². The highest BCUT2D eigenvalue weighted by Gasteiger charge is 2.26. The molecule has 0 aromatic rings. The van der Waals surface area contributed by atoms with Gasteiger partial charge in [-0.15, -0.1) is 0 Å². The maximum absolute atomic E-state index is 12.7. The van der Waals surface area contributed by atoms with E-state index in [4.69, 9.17) is 24.3 Å². The van der Waals surface area contributed by atoms with E-state index in [0.717, 1.165) is 109 Å². The molecule has 9 nitrogen and oxygen atoms in total. The molecule has 68 heavy (non-hydrogen) atoms. The third-order valence-corrected chi connectivity index (χ3v) is 11.6. The summed E-state index contributed by atoms with van der Waals surface area (Å²) in [6.45, 7) is 3.56. The predicted octanol–water partition coefficient (Wildman–Crippen LogP) is 16.4. The van der Waals surface area contributed by atoms with Crippen molar-refractivity contribution in [3.05, 3.63) is 122 Å². The number of hydrogen-bond acceptors (Lipinski definition) is 8. The number of nitrogens with two attached hydrogens (primary N) is 1. The second kappa shape index (κ2) is 52.8. The Labute approximate surface area is 415 Å². The Balaban J connectivity index is 4.16. The van der Waals surface area contributed by atoms with E-state index in [9.17, 15) is 19.0 Å². The molecule has 2 atom stereocenters. The SMILES string of the molecule is CC/C=C\C/C=C\C/C=C\C/C=C\C/C=C\C/C=C\C/C=C\C/C=C\C/C=C\CCCCCC(=O)OC(COC(=O)CCCCCCC/C=C\CCCCCCCCC)COP(=O)(O)OCCN. The van der Waals surface area contributed by atoms with E-state index in [-0.39, 0.29) is 32.6 Å². The summed E-state index contributed by atoms with van der Waals surface area (Å²) in [6.07, 6.45) is 72.4. The number of phosphoric acid groups is 1. The molecule has 0 rings (SSSR count). The Kier molecular flexibility index (Phi) is 50.0. The Bertz CT molecular complexity index is 1520. The van der Waals surface area contributed by atoms with Crippen LogP contribution in [0.4, 0.5) is 0 Å². The van der Waals surface area contributed by atoms with Gasteiger partial charge in [-0.05, 0) is 109 Å². The Hall–Kier alpha value is -3.59. The first-order valence-electron chi connectivity index (χ1n) is 26.5. The van der Waals surface area contributed by atoms with Gasteiger partial charge in [-0.1, -0.05) is 200 Å². The molecule has 0 aliphatic rings. The van der Waals surface area contributed by atoms with Gasteiger partial charge in [-0.2, -0.15) is 0 Å². The van der Waals surface area contributed by atoms with Gasteiger partial charge in [0.1, 0.15) is 6.61 Å². The molecule has 2 unspecified atom stereocenters. The fraction of sp³-hybridized carbons (Fsp3) is 0.621. The zero-order valence-corrected chi connectivity index (χ0v) is 43.7. The van der Waals surface area contributed by atoms with E-state index < -0.39 is 32.5 Å². The first-order chi connectivity index (χ1) is 33.3. The molecule has 0 aromatic heterocycles. The van der Waals surface area contributed by atoms with Crippen molar-refractivity contribution in [3.63, 3.8) is 0 Å². The second-order valence-electron chi connectivity index (χ2n) is 17.0. The maximum Gasteiger partial charge on any atom is 0.472 e. The van der Waals surface area contributed by atoms with Gasteiger partial charge >= 0.3 is 19.8 Å². The summed E-state index contributed by atoms with van der Waals surface area (Å²) >= 11 is 0. The quantitative estimate of drug-likeness (QED) is 0.0264. The van der Waals surface area contributed by atoms with Gasteiger partial charge in [0, 0.05) is 19.4 Å². The van der Waals surface area contributed by atoms with E-state index in [0.29, 0.717) is 12.8 Å².